The maximum absolute atomic E-state index is 12.4. The Kier molecular flexibility index (Phi) is 5.52. The number of fused-ring (bicyclic) bond motifs is 3. The average molecular weight is 415 g/mol. The van der Waals surface area contributed by atoms with Crippen LogP contribution in [0.4, 0.5) is 5.69 Å². The number of rotatable bonds is 6. The van der Waals surface area contributed by atoms with Gasteiger partial charge in [0, 0.05) is 37.1 Å². The first-order valence-electron chi connectivity index (χ1n) is 11.1. The van der Waals surface area contributed by atoms with Crippen molar-refractivity contribution in [3.05, 3.63) is 66.4 Å². The summed E-state index contributed by atoms with van der Waals surface area (Å²) < 4.78 is 8.14. The lowest BCUT2D eigenvalue weighted by atomic mass is 10.2. The van der Waals surface area contributed by atoms with Crippen LogP contribution in [-0.2, 0) is 24.2 Å². The van der Waals surface area contributed by atoms with E-state index < -0.39 is 0 Å². The van der Waals surface area contributed by atoms with E-state index in [9.17, 15) is 4.79 Å². The fourth-order valence-electron chi connectivity index (χ4n) is 4.21. The molecule has 0 unspecified atom stereocenters. The Hall–Kier alpha value is -3.41. The van der Waals surface area contributed by atoms with E-state index in [0.29, 0.717) is 25.2 Å². The van der Waals surface area contributed by atoms with Gasteiger partial charge in [-0.15, -0.1) is 0 Å². The van der Waals surface area contributed by atoms with Gasteiger partial charge in [-0.2, -0.15) is 0 Å². The molecule has 0 spiro atoms. The number of aromatic nitrogens is 3. The summed E-state index contributed by atoms with van der Waals surface area (Å²) in [4.78, 5) is 21.6. The number of imidazole rings is 1. The third-order valence-electron chi connectivity index (χ3n) is 5.80. The second-order valence-electron chi connectivity index (χ2n) is 8.08. The lowest BCUT2D eigenvalue weighted by Gasteiger charge is -2.06. The highest BCUT2D eigenvalue weighted by atomic mass is 16.4. The van der Waals surface area contributed by atoms with E-state index in [2.05, 4.69) is 20.9 Å². The van der Waals surface area contributed by atoms with Crippen molar-refractivity contribution < 1.29 is 9.21 Å². The molecule has 4 aromatic rings. The van der Waals surface area contributed by atoms with Gasteiger partial charge in [0.05, 0.1) is 17.2 Å². The normalized spacial score (nSPS) is 13.7. The van der Waals surface area contributed by atoms with Crippen molar-refractivity contribution in [3.63, 3.8) is 0 Å². The quantitative estimate of drug-likeness (QED) is 0.460. The first-order chi connectivity index (χ1) is 15.3. The summed E-state index contributed by atoms with van der Waals surface area (Å²) in [6, 6.07) is 15.9. The van der Waals surface area contributed by atoms with Crippen LogP contribution in [0.25, 0.3) is 22.4 Å². The van der Waals surface area contributed by atoms with Crippen molar-refractivity contribution in [1.82, 2.24) is 14.5 Å². The summed E-state index contributed by atoms with van der Waals surface area (Å²) in [6.45, 7) is 1.03. The van der Waals surface area contributed by atoms with Crippen LogP contribution in [0.15, 0.2) is 59.1 Å². The van der Waals surface area contributed by atoms with Gasteiger partial charge in [-0.1, -0.05) is 36.8 Å². The Morgan fingerprint density at radius 2 is 2.00 bits per heavy atom. The smallest absolute Gasteiger partial charge is 0.224 e. The average Bonchev–Trinajstić information content (AvgIpc) is 3.32. The summed E-state index contributed by atoms with van der Waals surface area (Å²) in [5.74, 6) is 2.58. The third kappa shape index (κ3) is 4.38. The lowest BCUT2D eigenvalue weighted by Crippen LogP contribution is -2.11. The summed E-state index contributed by atoms with van der Waals surface area (Å²) >= 11 is 0. The number of hydrogen-bond donors (Lipinski definition) is 1. The number of carbonyl (C=O) groups is 1. The Labute approximate surface area is 181 Å². The molecule has 3 heterocycles. The van der Waals surface area contributed by atoms with E-state index in [0.717, 1.165) is 46.8 Å². The maximum Gasteiger partial charge on any atom is 0.224 e. The van der Waals surface area contributed by atoms with Crippen molar-refractivity contribution in [3.8, 4) is 11.3 Å². The number of benzene rings is 2. The number of oxazole rings is 1. The van der Waals surface area contributed by atoms with Gasteiger partial charge in [0.2, 0.25) is 5.91 Å². The van der Waals surface area contributed by atoms with Crippen LogP contribution in [0.5, 0.6) is 0 Å². The predicted octanol–water partition coefficient (Wildman–Crippen LogP) is 5.38. The zero-order valence-corrected chi connectivity index (χ0v) is 17.5. The molecule has 1 N–H and O–H groups in total. The number of aryl methyl sites for hydroxylation is 3. The molecule has 2 aromatic heterocycles. The van der Waals surface area contributed by atoms with Crippen LogP contribution < -0.4 is 5.32 Å². The van der Waals surface area contributed by atoms with E-state index in [-0.39, 0.29) is 5.91 Å². The molecule has 2 aromatic carbocycles. The van der Waals surface area contributed by atoms with Crippen molar-refractivity contribution >= 4 is 22.6 Å². The van der Waals surface area contributed by atoms with E-state index in [1.807, 2.05) is 42.5 Å². The number of nitrogens with one attached hydrogen (secondary N) is 1. The molecule has 0 saturated carbocycles. The molecule has 0 fully saturated rings. The number of anilines is 1. The van der Waals surface area contributed by atoms with Crippen molar-refractivity contribution in [1.29, 1.82) is 0 Å². The van der Waals surface area contributed by atoms with E-state index in [1.54, 1.807) is 6.20 Å². The zero-order valence-electron chi connectivity index (χ0n) is 17.5. The Balaban J connectivity index is 1.16. The van der Waals surface area contributed by atoms with Crippen molar-refractivity contribution in [2.24, 2.45) is 0 Å². The monoisotopic (exact) mass is 414 g/mol. The van der Waals surface area contributed by atoms with Crippen LogP contribution in [0, 0.1) is 0 Å². The van der Waals surface area contributed by atoms with Crippen LogP contribution >= 0.6 is 0 Å². The van der Waals surface area contributed by atoms with Gasteiger partial charge in [-0.05, 0) is 37.5 Å². The third-order valence-corrected chi connectivity index (χ3v) is 5.80. The number of carbonyl (C=O) groups excluding carboxylic acids is 1. The van der Waals surface area contributed by atoms with Crippen LogP contribution in [0.3, 0.4) is 0 Å². The highest BCUT2D eigenvalue weighted by molar-refractivity contribution is 5.93. The molecule has 1 amide bonds. The van der Waals surface area contributed by atoms with Gasteiger partial charge in [0.25, 0.3) is 0 Å². The number of amides is 1. The van der Waals surface area contributed by atoms with E-state index in [4.69, 9.17) is 9.40 Å². The van der Waals surface area contributed by atoms with Gasteiger partial charge >= 0.3 is 0 Å². The first kappa shape index (κ1) is 19.5. The van der Waals surface area contributed by atoms with Crippen LogP contribution in [0.1, 0.15) is 43.8 Å². The van der Waals surface area contributed by atoms with E-state index >= 15 is 0 Å². The van der Waals surface area contributed by atoms with Crippen molar-refractivity contribution in [2.75, 3.05) is 5.32 Å². The molecule has 0 bridgehead atoms. The van der Waals surface area contributed by atoms with Crippen LogP contribution in [-0.4, -0.2) is 20.4 Å². The Bertz CT molecular complexity index is 1190. The molecule has 31 heavy (non-hydrogen) atoms. The SMILES string of the molecule is O=C(CCCc1ncc(-c2ccccc2)o1)Nc1ccc2c(c1)nc1n2CCCCC1. The Morgan fingerprint density at radius 1 is 1.10 bits per heavy atom. The molecule has 1 aliphatic heterocycles. The van der Waals surface area contributed by atoms with E-state index in [1.165, 1.54) is 19.3 Å². The fraction of sp³-hybridized carbons (Fsp3) is 0.320. The molecule has 0 aliphatic carbocycles. The van der Waals surface area contributed by atoms with Gasteiger partial charge in [0.15, 0.2) is 11.7 Å². The summed E-state index contributed by atoms with van der Waals surface area (Å²) in [6.07, 6.45) is 8.17. The van der Waals surface area contributed by atoms with Crippen molar-refractivity contribution in [2.45, 2.75) is 51.5 Å². The summed E-state index contributed by atoms with van der Waals surface area (Å²) in [7, 11) is 0. The first-order valence-corrected chi connectivity index (χ1v) is 11.1. The van der Waals surface area contributed by atoms with Gasteiger partial charge in [0.1, 0.15) is 5.82 Å². The highest BCUT2D eigenvalue weighted by Gasteiger charge is 2.14. The molecule has 0 atom stereocenters. The molecule has 6 nitrogen and oxygen atoms in total. The van der Waals surface area contributed by atoms with Crippen LogP contribution in [0.2, 0.25) is 0 Å². The molecule has 6 heteroatoms. The highest BCUT2D eigenvalue weighted by Crippen LogP contribution is 2.25. The molecule has 5 rings (SSSR count). The maximum atomic E-state index is 12.4. The minimum atomic E-state index is -0.00467. The largest absolute Gasteiger partial charge is 0.441 e. The topological polar surface area (TPSA) is 73.0 Å². The lowest BCUT2D eigenvalue weighted by molar-refractivity contribution is -0.116. The molecule has 0 radical (unpaired) electrons. The van der Waals surface area contributed by atoms with Gasteiger partial charge in [-0.25, -0.2) is 9.97 Å². The standard InChI is InChI=1S/C25H26N4O2/c30-24(11-7-12-25-26-17-22(31-25)18-8-3-1-4-9-18)27-19-13-14-21-20(16-19)28-23-10-5-2-6-15-29(21)23/h1,3-4,8-9,13-14,16-17H,2,5-7,10-12,15H2,(H,27,30). The number of nitrogens with zero attached hydrogens (tertiary/aromatic N) is 3. The zero-order chi connectivity index (χ0) is 21.0. The second kappa shape index (κ2) is 8.76. The predicted molar refractivity (Wildman–Crippen MR) is 121 cm³/mol. The Morgan fingerprint density at radius 3 is 2.90 bits per heavy atom. The molecule has 158 valence electrons. The van der Waals surface area contributed by atoms with Gasteiger partial charge in [-0.3, -0.25) is 4.79 Å². The summed E-state index contributed by atoms with van der Waals surface area (Å²) in [5, 5.41) is 3.00. The summed E-state index contributed by atoms with van der Waals surface area (Å²) in [5.41, 5.74) is 3.93. The second-order valence-corrected chi connectivity index (χ2v) is 8.08. The number of hydrogen-bond acceptors (Lipinski definition) is 4. The fourth-order valence-corrected chi connectivity index (χ4v) is 4.21. The minimum absolute atomic E-state index is 0.00467. The molecule has 1 aliphatic rings. The molecular formula is C25H26N4O2. The minimum Gasteiger partial charge on any atom is -0.441 e. The molecular weight excluding hydrogens is 388 g/mol. The van der Waals surface area contributed by atoms with Gasteiger partial charge < -0.3 is 14.3 Å². The molecule has 0 saturated heterocycles.